The number of nitrogens with one attached hydrogen (secondary N) is 1. The Kier molecular flexibility index (Phi) is 6.27. The molecule has 0 saturated carbocycles. The topological polar surface area (TPSA) is 122 Å². The molecule has 0 aliphatic rings. The number of hydrogen-bond acceptors (Lipinski definition) is 6. The van der Waals surface area contributed by atoms with Gasteiger partial charge in [-0.25, -0.2) is 13.2 Å². The van der Waals surface area contributed by atoms with Gasteiger partial charge in [-0.1, -0.05) is 0 Å². The molecule has 21 heavy (non-hydrogen) atoms. The van der Waals surface area contributed by atoms with E-state index < -0.39 is 21.7 Å². The second-order valence-corrected chi connectivity index (χ2v) is 6.10. The Hall–Kier alpha value is -1.49. The van der Waals surface area contributed by atoms with E-state index in [0.717, 1.165) is 4.31 Å². The molecule has 0 aliphatic carbocycles. The number of ether oxygens (including phenoxy) is 2. The van der Waals surface area contributed by atoms with Gasteiger partial charge >= 0.3 is 5.97 Å². The molecule has 0 unspecified atom stereocenters. The fourth-order valence-electron chi connectivity index (χ4n) is 1.75. The summed E-state index contributed by atoms with van der Waals surface area (Å²) in [7, 11) is -1.11. The lowest BCUT2D eigenvalue weighted by Crippen LogP contribution is -2.37. The third kappa shape index (κ3) is 4.00. The Morgan fingerprint density at radius 2 is 1.81 bits per heavy atom. The van der Waals surface area contributed by atoms with Crippen molar-refractivity contribution in [3.8, 4) is 0 Å². The van der Waals surface area contributed by atoms with Crippen molar-refractivity contribution in [3.63, 3.8) is 0 Å². The number of aromatic carboxylic acids is 1. The number of hydrogen-bond donors (Lipinski definition) is 2. The lowest BCUT2D eigenvalue weighted by molar-refractivity contribution is 0.0686. The number of methoxy groups -OCH3 is 2. The van der Waals surface area contributed by atoms with Gasteiger partial charge in [-0.2, -0.15) is 9.40 Å². The van der Waals surface area contributed by atoms with Crippen LogP contribution in [0.4, 0.5) is 0 Å². The monoisotopic (exact) mass is 321 g/mol. The molecule has 0 bridgehead atoms. The van der Waals surface area contributed by atoms with Crippen LogP contribution < -0.4 is 0 Å². The molecule has 120 valence electrons. The Morgan fingerprint density at radius 1 is 1.29 bits per heavy atom. The zero-order valence-corrected chi connectivity index (χ0v) is 12.9. The number of aromatic nitrogens is 2. The highest BCUT2D eigenvalue weighted by atomic mass is 32.2. The Bertz CT molecular complexity index is 575. The molecule has 0 amide bonds. The highest BCUT2D eigenvalue weighted by Crippen LogP contribution is 2.22. The van der Waals surface area contributed by atoms with Crippen molar-refractivity contribution in [2.75, 3.05) is 40.5 Å². The Balaban J connectivity index is 3.21. The van der Waals surface area contributed by atoms with Crippen molar-refractivity contribution in [1.82, 2.24) is 14.5 Å². The minimum absolute atomic E-state index is 0.0892. The highest BCUT2D eigenvalue weighted by Gasteiger charge is 2.33. The Labute approximate surface area is 122 Å². The van der Waals surface area contributed by atoms with Crippen LogP contribution in [0.25, 0.3) is 0 Å². The van der Waals surface area contributed by atoms with Crippen molar-refractivity contribution < 1.29 is 27.8 Å². The summed E-state index contributed by atoms with van der Waals surface area (Å²) in [6.07, 6.45) is 0. The lowest BCUT2D eigenvalue weighted by atomic mass is 10.4. The highest BCUT2D eigenvalue weighted by molar-refractivity contribution is 7.89. The van der Waals surface area contributed by atoms with E-state index in [1.807, 2.05) is 0 Å². The van der Waals surface area contributed by atoms with E-state index in [9.17, 15) is 13.2 Å². The van der Waals surface area contributed by atoms with Gasteiger partial charge in [0, 0.05) is 27.3 Å². The molecule has 0 aliphatic heterocycles. The second-order valence-electron chi connectivity index (χ2n) is 4.22. The van der Waals surface area contributed by atoms with E-state index in [1.165, 1.54) is 21.1 Å². The summed E-state index contributed by atoms with van der Waals surface area (Å²) < 4.78 is 36.2. The van der Waals surface area contributed by atoms with E-state index in [0.29, 0.717) is 0 Å². The van der Waals surface area contributed by atoms with Crippen LogP contribution in [0.1, 0.15) is 16.2 Å². The van der Waals surface area contributed by atoms with Gasteiger partial charge in [-0.15, -0.1) is 0 Å². The van der Waals surface area contributed by atoms with Crippen LogP contribution >= 0.6 is 0 Å². The number of H-pyrrole nitrogens is 1. The number of carbonyl (C=O) groups is 1. The van der Waals surface area contributed by atoms with Gasteiger partial charge in [-0.3, -0.25) is 5.10 Å². The van der Waals surface area contributed by atoms with Gasteiger partial charge in [0.2, 0.25) is 10.0 Å². The summed E-state index contributed by atoms with van der Waals surface area (Å²) in [5.74, 6) is -1.41. The second kappa shape index (κ2) is 7.50. The smallest absolute Gasteiger partial charge is 0.357 e. The molecule has 0 spiro atoms. The quantitative estimate of drug-likeness (QED) is 0.640. The first-order chi connectivity index (χ1) is 9.86. The first-order valence-corrected chi connectivity index (χ1v) is 7.56. The average molecular weight is 321 g/mol. The molecule has 1 aromatic heterocycles. The zero-order valence-electron chi connectivity index (χ0n) is 12.1. The SMILES string of the molecule is COCCN(CCOC)S(=O)(=O)c1c(C(=O)O)n[nH]c1C. The average Bonchev–Trinajstić information content (AvgIpc) is 2.81. The molecule has 2 N–H and O–H groups in total. The summed E-state index contributed by atoms with van der Waals surface area (Å²) in [5, 5.41) is 15.0. The number of sulfonamides is 1. The maximum absolute atomic E-state index is 12.6. The van der Waals surface area contributed by atoms with Gasteiger partial charge in [0.15, 0.2) is 5.69 Å². The molecule has 0 atom stereocenters. The van der Waals surface area contributed by atoms with Crippen LogP contribution in [-0.2, 0) is 19.5 Å². The minimum Gasteiger partial charge on any atom is -0.476 e. The van der Waals surface area contributed by atoms with E-state index in [4.69, 9.17) is 14.6 Å². The van der Waals surface area contributed by atoms with Gasteiger partial charge in [0.05, 0.1) is 18.9 Å². The van der Waals surface area contributed by atoms with E-state index in [-0.39, 0.29) is 36.9 Å². The van der Waals surface area contributed by atoms with Crippen molar-refractivity contribution >= 4 is 16.0 Å². The van der Waals surface area contributed by atoms with Gasteiger partial charge in [-0.05, 0) is 6.92 Å². The van der Waals surface area contributed by atoms with Crippen molar-refractivity contribution in [3.05, 3.63) is 11.4 Å². The summed E-state index contributed by atoms with van der Waals surface area (Å²) >= 11 is 0. The minimum atomic E-state index is -4.01. The first-order valence-electron chi connectivity index (χ1n) is 6.12. The van der Waals surface area contributed by atoms with Crippen LogP contribution in [-0.4, -0.2) is 74.5 Å². The fraction of sp³-hybridized carbons (Fsp3) is 0.636. The fourth-order valence-corrected chi connectivity index (χ4v) is 3.44. The molecule has 0 aromatic carbocycles. The third-order valence-corrected chi connectivity index (χ3v) is 4.84. The lowest BCUT2D eigenvalue weighted by Gasteiger charge is -2.21. The molecule has 10 heteroatoms. The number of carboxylic acid groups (broad SMARTS) is 1. The molecule has 9 nitrogen and oxygen atoms in total. The van der Waals surface area contributed by atoms with Crippen LogP contribution in [0.3, 0.4) is 0 Å². The number of carboxylic acids is 1. The molecule has 0 saturated heterocycles. The molecule has 0 fully saturated rings. The third-order valence-electron chi connectivity index (χ3n) is 2.78. The maximum Gasteiger partial charge on any atom is 0.357 e. The normalized spacial score (nSPS) is 12.0. The Morgan fingerprint density at radius 3 is 2.24 bits per heavy atom. The van der Waals surface area contributed by atoms with Gasteiger partial charge in [0.1, 0.15) is 4.90 Å². The molecule has 1 rings (SSSR count). The van der Waals surface area contributed by atoms with E-state index in [2.05, 4.69) is 10.2 Å². The standard InChI is InChI=1S/C11H19N3O6S/c1-8-10(9(11(15)16)13-12-8)21(17,18)14(4-6-19-2)5-7-20-3/h4-7H2,1-3H3,(H,12,13)(H,15,16). The van der Waals surface area contributed by atoms with Crippen LogP contribution in [0.5, 0.6) is 0 Å². The van der Waals surface area contributed by atoms with Crippen molar-refractivity contribution in [2.24, 2.45) is 0 Å². The predicted molar refractivity (Wildman–Crippen MR) is 72.8 cm³/mol. The molecule has 0 radical (unpaired) electrons. The summed E-state index contributed by atoms with van der Waals surface area (Å²) in [5.41, 5.74) is -0.348. The number of aromatic amines is 1. The molecular weight excluding hydrogens is 302 g/mol. The zero-order chi connectivity index (χ0) is 16.0. The van der Waals surface area contributed by atoms with E-state index >= 15 is 0 Å². The largest absolute Gasteiger partial charge is 0.476 e. The van der Waals surface area contributed by atoms with Crippen molar-refractivity contribution in [1.29, 1.82) is 0 Å². The van der Waals surface area contributed by atoms with Crippen molar-refractivity contribution in [2.45, 2.75) is 11.8 Å². The summed E-state index contributed by atoms with van der Waals surface area (Å²) in [6, 6.07) is 0. The van der Waals surface area contributed by atoms with Gasteiger partial charge in [0.25, 0.3) is 0 Å². The van der Waals surface area contributed by atoms with Crippen LogP contribution in [0.2, 0.25) is 0 Å². The predicted octanol–water partition coefficient (Wildman–Crippen LogP) is -0.300. The first kappa shape index (κ1) is 17.6. The molecule has 1 aromatic rings. The van der Waals surface area contributed by atoms with Gasteiger partial charge < -0.3 is 14.6 Å². The maximum atomic E-state index is 12.6. The number of rotatable bonds is 9. The molecular formula is C11H19N3O6S. The number of nitrogens with zero attached hydrogens (tertiary/aromatic N) is 2. The van der Waals surface area contributed by atoms with Crippen LogP contribution in [0, 0.1) is 6.92 Å². The van der Waals surface area contributed by atoms with E-state index in [1.54, 1.807) is 0 Å². The number of aryl methyl sites for hydroxylation is 1. The summed E-state index contributed by atoms with van der Waals surface area (Å²) in [4.78, 5) is 10.8. The molecule has 1 heterocycles. The summed E-state index contributed by atoms with van der Waals surface area (Å²) in [6.45, 7) is 2.00. The van der Waals surface area contributed by atoms with Crippen LogP contribution in [0.15, 0.2) is 4.90 Å².